The minimum absolute atomic E-state index is 0.282. The molecule has 3 heterocycles. The highest BCUT2D eigenvalue weighted by molar-refractivity contribution is 7.18. The van der Waals surface area contributed by atoms with Crippen molar-refractivity contribution in [3.8, 4) is 5.88 Å². The fourth-order valence-corrected chi connectivity index (χ4v) is 5.84. The van der Waals surface area contributed by atoms with Gasteiger partial charge in [-0.1, -0.05) is 20.3 Å². The standard InChI is InChI=1S/C18H24N2O2S.C5H11NO.C2H6/c21-9-8-12-6-7-15-14(10-12)16-17(19-11-20-18(16)23-15)22-13-4-2-1-3-5-13;1-6-2-4-7-5-3-6;1-2/h11-13,21H,1-10H2;2-5H2,1H3;1-2H3. The largest absolute Gasteiger partial charge is 0.474 e. The minimum Gasteiger partial charge on any atom is -0.474 e. The van der Waals surface area contributed by atoms with Gasteiger partial charge in [0.05, 0.1) is 18.6 Å². The van der Waals surface area contributed by atoms with Gasteiger partial charge in [-0.3, -0.25) is 0 Å². The Bertz CT molecular complexity index is 801. The van der Waals surface area contributed by atoms with Crippen LogP contribution in [0.5, 0.6) is 5.88 Å². The molecule has 1 saturated heterocycles. The monoisotopic (exact) mass is 463 g/mol. The summed E-state index contributed by atoms with van der Waals surface area (Å²) in [6, 6.07) is 0. The highest BCUT2D eigenvalue weighted by atomic mass is 32.1. The molecule has 0 aromatic carbocycles. The number of fused-ring (bicyclic) bond motifs is 3. The molecule has 1 N–H and O–H groups in total. The Balaban J connectivity index is 0.000000272. The topological polar surface area (TPSA) is 67.7 Å². The molecule has 32 heavy (non-hydrogen) atoms. The second kappa shape index (κ2) is 13.4. The van der Waals surface area contributed by atoms with Crippen molar-refractivity contribution in [3.05, 3.63) is 16.8 Å². The van der Waals surface area contributed by atoms with E-state index < -0.39 is 0 Å². The third kappa shape index (κ3) is 6.86. The van der Waals surface area contributed by atoms with E-state index >= 15 is 0 Å². The predicted octanol–water partition coefficient (Wildman–Crippen LogP) is 4.86. The summed E-state index contributed by atoms with van der Waals surface area (Å²) in [5.74, 6) is 1.37. The number of rotatable bonds is 4. The zero-order valence-corrected chi connectivity index (χ0v) is 21.0. The summed E-state index contributed by atoms with van der Waals surface area (Å²) in [5.41, 5.74) is 1.39. The van der Waals surface area contributed by atoms with Crippen molar-refractivity contribution in [1.82, 2.24) is 14.9 Å². The van der Waals surface area contributed by atoms with Gasteiger partial charge >= 0.3 is 0 Å². The first-order chi connectivity index (χ1) is 15.7. The van der Waals surface area contributed by atoms with Crippen molar-refractivity contribution < 1.29 is 14.6 Å². The van der Waals surface area contributed by atoms with Crippen LogP contribution < -0.4 is 4.74 Å². The molecule has 1 saturated carbocycles. The lowest BCUT2D eigenvalue weighted by Crippen LogP contribution is -2.32. The van der Waals surface area contributed by atoms with Gasteiger partial charge in [0.1, 0.15) is 17.3 Å². The Morgan fingerprint density at radius 3 is 2.53 bits per heavy atom. The Hall–Kier alpha value is -1.28. The number of likely N-dealkylation sites (N-methyl/N-ethyl adjacent to an activating group) is 1. The number of aliphatic hydroxyl groups is 1. The van der Waals surface area contributed by atoms with E-state index in [-0.39, 0.29) is 6.61 Å². The number of aromatic nitrogens is 2. The summed E-state index contributed by atoms with van der Waals surface area (Å²) < 4.78 is 11.4. The number of aryl methyl sites for hydroxylation is 1. The molecule has 2 fully saturated rings. The number of hydrogen-bond acceptors (Lipinski definition) is 7. The van der Waals surface area contributed by atoms with Gasteiger partial charge in [0.2, 0.25) is 5.88 Å². The summed E-state index contributed by atoms with van der Waals surface area (Å²) in [4.78, 5) is 13.7. The zero-order chi connectivity index (χ0) is 22.8. The summed E-state index contributed by atoms with van der Waals surface area (Å²) in [7, 11) is 2.11. The molecule has 2 aliphatic carbocycles. The maximum Gasteiger partial charge on any atom is 0.225 e. The number of thiophene rings is 1. The molecule has 1 aliphatic heterocycles. The minimum atomic E-state index is 0.282. The van der Waals surface area contributed by atoms with Crippen molar-refractivity contribution in [2.75, 3.05) is 40.0 Å². The predicted molar refractivity (Wildman–Crippen MR) is 132 cm³/mol. The maximum atomic E-state index is 9.25. The van der Waals surface area contributed by atoms with Gasteiger partial charge in [-0.2, -0.15) is 0 Å². The van der Waals surface area contributed by atoms with Crippen LogP contribution in [0.25, 0.3) is 10.2 Å². The molecule has 3 aliphatic rings. The highest BCUT2D eigenvalue weighted by Gasteiger charge is 2.26. The quantitative estimate of drug-likeness (QED) is 0.698. The molecule has 1 atom stereocenters. The van der Waals surface area contributed by atoms with Crippen molar-refractivity contribution >= 4 is 21.6 Å². The fourth-order valence-electron chi connectivity index (χ4n) is 4.67. The molecule has 1 unspecified atom stereocenters. The van der Waals surface area contributed by atoms with Crippen LogP contribution in [0, 0.1) is 5.92 Å². The second-order valence-electron chi connectivity index (χ2n) is 8.78. The van der Waals surface area contributed by atoms with Crippen LogP contribution in [0.15, 0.2) is 6.33 Å². The SMILES string of the molecule is CC.CN1CCOCC1.OCCC1CCc2sc3ncnc(OC4CCCCC4)c3c2C1. The Morgan fingerprint density at radius 1 is 1.12 bits per heavy atom. The van der Waals surface area contributed by atoms with E-state index in [4.69, 9.17) is 9.47 Å². The van der Waals surface area contributed by atoms with E-state index in [9.17, 15) is 5.11 Å². The first-order valence-electron chi connectivity index (χ1n) is 12.5. The number of aliphatic hydroxyl groups excluding tert-OH is 1. The van der Waals surface area contributed by atoms with Gasteiger partial charge in [-0.05, 0) is 69.9 Å². The molecular weight excluding hydrogens is 422 g/mol. The highest BCUT2D eigenvalue weighted by Crippen LogP contribution is 2.41. The first kappa shape index (κ1) is 25.3. The van der Waals surface area contributed by atoms with E-state index in [0.717, 1.165) is 74.5 Å². The molecule has 0 amide bonds. The molecule has 5 rings (SSSR count). The van der Waals surface area contributed by atoms with Gasteiger partial charge in [-0.15, -0.1) is 11.3 Å². The molecular formula is C25H41N3O3S. The van der Waals surface area contributed by atoms with Crippen molar-refractivity contribution in [2.24, 2.45) is 5.92 Å². The average Bonchev–Trinajstić information content (AvgIpc) is 3.21. The van der Waals surface area contributed by atoms with Gasteiger partial charge in [0, 0.05) is 24.6 Å². The van der Waals surface area contributed by atoms with Gasteiger partial charge in [0.15, 0.2) is 0 Å². The number of ether oxygens (including phenoxy) is 2. The third-order valence-corrected chi connectivity index (χ3v) is 7.71. The maximum absolute atomic E-state index is 9.25. The molecule has 7 heteroatoms. The Kier molecular flexibility index (Phi) is 10.6. The Labute approximate surface area is 197 Å². The number of hydrogen-bond donors (Lipinski definition) is 1. The van der Waals surface area contributed by atoms with Crippen molar-refractivity contribution in [2.45, 2.75) is 77.7 Å². The van der Waals surface area contributed by atoms with Gasteiger partial charge in [-0.25, -0.2) is 9.97 Å². The van der Waals surface area contributed by atoms with E-state index in [2.05, 4.69) is 21.9 Å². The van der Waals surface area contributed by atoms with Crippen LogP contribution in [0.4, 0.5) is 0 Å². The molecule has 180 valence electrons. The van der Waals surface area contributed by atoms with Gasteiger partial charge < -0.3 is 19.5 Å². The van der Waals surface area contributed by atoms with E-state index in [1.54, 1.807) is 17.7 Å². The Morgan fingerprint density at radius 2 is 1.88 bits per heavy atom. The van der Waals surface area contributed by atoms with Crippen LogP contribution in [-0.2, 0) is 17.6 Å². The molecule has 0 radical (unpaired) electrons. The lowest BCUT2D eigenvalue weighted by atomic mass is 9.85. The summed E-state index contributed by atoms with van der Waals surface area (Å²) in [6.45, 7) is 8.30. The van der Waals surface area contributed by atoms with Crippen LogP contribution in [0.2, 0.25) is 0 Å². The van der Waals surface area contributed by atoms with E-state index in [1.807, 2.05) is 13.8 Å². The van der Waals surface area contributed by atoms with E-state index in [0.29, 0.717) is 12.0 Å². The number of nitrogens with zero attached hydrogens (tertiary/aromatic N) is 3. The van der Waals surface area contributed by atoms with Crippen LogP contribution in [0.3, 0.4) is 0 Å². The number of morpholine rings is 1. The van der Waals surface area contributed by atoms with E-state index in [1.165, 1.54) is 36.1 Å². The first-order valence-corrected chi connectivity index (χ1v) is 13.3. The molecule has 6 nitrogen and oxygen atoms in total. The molecule has 2 aromatic rings. The van der Waals surface area contributed by atoms with Crippen molar-refractivity contribution in [1.29, 1.82) is 0 Å². The molecule has 0 bridgehead atoms. The van der Waals surface area contributed by atoms with Crippen LogP contribution in [-0.4, -0.2) is 66.0 Å². The average molecular weight is 464 g/mol. The summed E-state index contributed by atoms with van der Waals surface area (Å²) in [6.07, 6.45) is 12.3. The lowest BCUT2D eigenvalue weighted by Gasteiger charge is -2.24. The van der Waals surface area contributed by atoms with Crippen LogP contribution >= 0.6 is 11.3 Å². The third-order valence-electron chi connectivity index (χ3n) is 6.51. The molecule has 2 aromatic heterocycles. The normalized spacial score (nSPS) is 21.7. The summed E-state index contributed by atoms with van der Waals surface area (Å²) >= 11 is 1.80. The lowest BCUT2D eigenvalue weighted by molar-refractivity contribution is 0.0503. The second-order valence-corrected chi connectivity index (χ2v) is 9.86. The smallest absolute Gasteiger partial charge is 0.225 e. The van der Waals surface area contributed by atoms with Crippen LogP contribution in [0.1, 0.15) is 69.2 Å². The van der Waals surface area contributed by atoms with Crippen molar-refractivity contribution in [3.63, 3.8) is 0 Å². The zero-order valence-electron chi connectivity index (χ0n) is 20.1. The summed E-state index contributed by atoms with van der Waals surface area (Å²) in [5, 5.41) is 10.4. The fraction of sp³-hybridized carbons (Fsp3) is 0.760. The molecule has 0 spiro atoms. The van der Waals surface area contributed by atoms with Gasteiger partial charge in [0.25, 0.3) is 0 Å².